The topological polar surface area (TPSA) is 49.8 Å². The Balaban J connectivity index is 1.69. The summed E-state index contributed by atoms with van der Waals surface area (Å²) < 4.78 is 5.85. The number of hydrogen-bond acceptors (Lipinski definition) is 4. The van der Waals surface area contributed by atoms with E-state index in [4.69, 9.17) is 4.74 Å². The number of phenols is 1. The van der Waals surface area contributed by atoms with Crippen LogP contribution in [0.2, 0.25) is 0 Å². The van der Waals surface area contributed by atoms with Crippen LogP contribution in [0.1, 0.15) is 28.8 Å². The number of para-hydroxylation sites is 1. The molecule has 1 aliphatic rings. The summed E-state index contributed by atoms with van der Waals surface area (Å²) in [6, 6.07) is 13.6. The lowest BCUT2D eigenvalue weighted by atomic mass is 10.0. The maximum atomic E-state index is 12.6. The minimum Gasteiger partial charge on any atom is -0.508 e. The fourth-order valence-corrected chi connectivity index (χ4v) is 2.84. The minimum absolute atomic E-state index is 0.0956. The molecule has 2 aromatic rings. The van der Waals surface area contributed by atoms with Crippen molar-refractivity contribution in [1.29, 1.82) is 0 Å². The van der Waals surface area contributed by atoms with Crippen molar-refractivity contribution in [2.24, 2.45) is 0 Å². The molecule has 0 radical (unpaired) electrons. The van der Waals surface area contributed by atoms with E-state index in [-0.39, 0.29) is 11.5 Å². The molecule has 0 aromatic heterocycles. The number of ether oxygens (including phenoxy) is 1. The van der Waals surface area contributed by atoms with Gasteiger partial charge in [0.1, 0.15) is 18.1 Å². The number of rotatable bonds is 6. The summed E-state index contributed by atoms with van der Waals surface area (Å²) in [6.45, 7) is 3.75. The fourth-order valence-electron chi connectivity index (χ4n) is 2.84. The average Bonchev–Trinajstić information content (AvgIpc) is 3.09. The van der Waals surface area contributed by atoms with Crippen molar-refractivity contribution in [2.75, 3.05) is 26.2 Å². The number of nitrogens with zero attached hydrogens (tertiary/aromatic N) is 1. The molecule has 0 saturated carbocycles. The summed E-state index contributed by atoms with van der Waals surface area (Å²) in [5.74, 6) is 0.670. The first kappa shape index (κ1) is 15.6. The molecule has 1 fully saturated rings. The van der Waals surface area contributed by atoms with Crippen molar-refractivity contribution >= 4 is 5.78 Å². The molecule has 3 rings (SSSR count). The summed E-state index contributed by atoms with van der Waals surface area (Å²) in [7, 11) is 0. The van der Waals surface area contributed by atoms with Gasteiger partial charge < -0.3 is 9.84 Å². The average molecular weight is 311 g/mol. The molecule has 1 aliphatic heterocycles. The highest BCUT2D eigenvalue weighted by Gasteiger charge is 2.15. The van der Waals surface area contributed by atoms with Gasteiger partial charge in [0.25, 0.3) is 0 Å². The monoisotopic (exact) mass is 311 g/mol. The first-order valence-corrected chi connectivity index (χ1v) is 8.02. The number of aromatic hydroxyl groups is 1. The van der Waals surface area contributed by atoms with Gasteiger partial charge in [-0.3, -0.25) is 9.69 Å². The molecule has 0 spiro atoms. The molecule has 4 nitrogen and oxygen atoms in total. The Morgan fingerprint density at radius 2 is 1.74 bits per heavy atom. The highest BCUT2D eigenvalue weighted by Crippen LogP contribution is 2.22. The Morgan fingerprint density at radius 1 is 1.04 bits per heavy atom. The van der Waals surface area contributed by atoms with Gasteiger partial charge >= 0.3 is 0 Å². The molecule has 2 aromatic carbocycles. The zero-order valence-electron chi connectivity index (χ0n) is 13.1. The number of benzene rings is 2. The van der Waals surface area contributed by atoms with Crippen molar-refractivity contribution in [2.45, 2.75) is 12.8 Å². The fraction of sp³-hybridized carbons (Fsp3) is 0.316. The molecule has 0 amide bonds. The zero-order valence-corrected chi connectivity index (χ0v) is 13.1. The molecule has 1 saturated heterocycles. The number of ketones is 1. The molecule has 1 heterocycles. The quantitative estimate of drug-likeness (QED) is 0.833. The zero-order chi connectivity index (χ0) is 16.1. The van der Waals surface area contributed by atoms with Gasteiger partial charge in [0.05, 0.1) is 5.56 Å². The van der Waals surface area contributed by atoms with Crippen LogP contribution in [-0.4, -0.2) is 42.0 Å². The van der Waals surface area contributed by atoms with Gasteiger partial charge in [-0.2, -0.15) is 0 Å². The SMILES string of the molecule is O=C(c1ccc(O)cc1)c1ccccc1OCCN1CCCC1. The van der Waals surface area contributed by atoms with E-state index in [2.05, 4.69) is 4.90 Å². The van der Waals surface area contributed by atoms with E-state index in [1.165, 1.54) is 25.0 Å². The first-order valence-electron chi connectivity index (χ1n) is 8.02. The molecule has 0 aliphatic carbocycles. The summed E-state index contributed by atoms with van der Waals surface area (Å²) in [4.78, 5) is 15.0. The number of carbonyl (C=O) groups is 1. The van der Waals surface area contributed by atoms with E-state index in [0.29, 0.717) is 23.5 Å². The number of carbonyl (C=O) groups excluding carboxylic acids is 1. The number of hydrogen-bond donors (Lipinski definition) is 1. The van der Waals surface area contributed by atoms with Crippen LogP contribution in [0.4, 0.5) is 0 Å². The van der Waals surface area contributed by atoms with Crippen LogP contribution in [-0.2, 0) is 0 Å². The second-order valence-corrected chi connectivity index (χ2v) is 5.77. The van der Waals surface area contributed by atoms with Crippen LogP contribution in [0, 0.1) is 0 Å². The van der Waals surface area contributed by atoms with Gasteiger partial charge in [-0.1, -0.05) is 12.1 Å². The standard InChI is InChI=1S/C19H21NO3/c21-16-9-7-15(8-10-16)19(22)17-5-1-2-6-18(17)23-14-13-20-11-3-4-12-20/h1-2,5-10,21H,3-4,11-14H2. The van der Waals surface area contributed by atoms with E-state index >= 15 is 0 Å². The minimum atomic E-state index is -0.0956. The third-order valence-corrected chi connectivity index (χ3v) is 4.12. The van der Waals surface area contributed by atoms with E-state index in [0.717, 1.165) is 19.6 Å². The van der Waals surface area contributed by atoms with Crippen molar-refractivity contribution in [3.63, 3.8) is 0 Å². The van der Waals surface area contributed by atoms with Crippen LogP contribution >= 0.6 is 0 Å². The second-order valence-electron chi connectivity index (χ2n) is 5.77. The van der Waals surface area contributed by atoms with Crippen molar-refractivity contribution in [1.82, 2.24) is 4.90 Å². The molecule has 1 N–H and O–H groups in total. The smallest absolute Gasteiger partial charge is 0.196 e. The normalized spacial score (nSPS) is 14.8. The van der Waals surface area contributed by atoms with Crippen LogP contribution < -0.4 is 4.74 Å². The first-order chi connectivity index (χ1) is 11.2. The van der Waals surface area contributed by atoms with Gasteiger partial charge in [-0.25, -0.2) is 0 Å². The molecule has 120 valence electrons. The number of likely N-dealkylation sites (tertiary alicyclic amines) is 1. The van der Waals surface area contributed by atoms with Gasteiger partial charge in [0.15, 0.2) is 5.78 Å². The van der Waals surface area contributed by atoms with Crippen LogP contribution in [0.15, 0.2) is 48.5 Å². The molecule has 0 atom stereocenters. The predicted molar refractivity (Wildman–Crippen MR) is 89.2 cm³/mol. The summed E-state index contributed by atoms with van der Waals surface area (Å²) in [5, 5.41) is 9.34. The van der Waals surface area contributed by atoms with E-state index < -0.39 is 0 Å². The van der Waals surface area contributed by atoms with Crippen molar-refractivity contribution in [3.05, 3.63) is 59.7 Å². The van der Waals surface area contributed by atoms with Crippen LogP contribution in [0.3, 0.4) is 0 Å². The Kier molecular flexibility index (Phi) is 4.93. The Bertz CT molecular complexity index is 661. The molecule has 0 bridgehead atoms. The lowest BCUT2D eigenvalue weighted by Gasteiger charge is -2.16. The van der Waals surface area contributed by atoms with Gasteiger partial charge in [-0.05, 0) is 62.3 Å². The second kappa shape index (κ2) is 7.29. The summed E-state index contributed by atoms with van der Waals surface area (Å²) >= 11 is 0. The molecule has 23 heavy (non-hydrogen) atoms. The third kappa shape index (κ3) is 3.90. The Morgan fingerprint density at radius 3 is 2.48 bits per heavy atom. The maximum Gasteiger partial charge on any atom is 0.196 e. The van der Waals surface area contributed by atoms with Crippen molar-refractivity contribution in [3.8, 4) is 11.5 Å². The largest absolute Gasteiger partial charge is 0.508 e. The van der Waals surface area contributed by atoms with Crippen molar-refractivity contribution < 1.29 is 14.6 Å². The van der Waals surface area contributed by atoms with Gasteiger partial charge in [-0.15, -0.1) is 0 Å². The molecular formula is C19H21NO3. The number of phenolic OH excluding ortho intramolecular Hbond substituents is 1. The lowest BCUT2D eigenvalue weighted by molar-refractivity contribution is 0.103. The Labute approximate surface area is 136 Å². The highest BCUT2D eigenvalue weighted by molar-refractivity contribution is 6.10. The van der Waals surface area contributed by atoms with Gasteiger partial charge in [0, 0.05) is 12.1 Å². The lowest BCUT2D eigenvalue weighted by Crippen LogP contribution is -2.25. The van der Waals surface area contributed by atoms with Crippen LogP contribution in [0.5, 0.6) is 11.5 Å². The third-order valence-electron chi connectivity index (χ3n) is 4.12. The molecular weight excluding hydrogens is 290 g/mol. The van der Waals surface area contributed by atoms with E-state index in [1.807, 2.05) is 18.2 Å². The highest BCUT2D eigenvalue weighted by atomic mass is 16.5. The summed E-state index contributed by atoms with van der Waals surface area (Å²) in [6.07, 6.45) is 2.52. The summed E-state index contributed by atoms with van der Waals surface area (Å²) in [5.41, 5.74) is 1.10. The van der Waals surface area contributed by atoms with E-state index in [1.54, 1.807) is 18.2 Å². The Hall–Kier alpha value is -2.33. The van der Waals surface area contributed by atoms with E-state index in [9.17, 15) is 9.90 Å². The maximum absolute atomic E-state index is 12.6. The van der Waals surface area contributed by atoms with Gasteiger partial charge in [0.2, 0.25) is 0 Å². The van der Waals surface area contributed by atoms with Crippen LogP contribution in [0.25, 0.3) is 0 Å². The predicted octanol–water partition coefficient (Wildman–Crippen LogP) is 3.10. The molecule has 0 unspecified atom stereocenters. The molecule has 4 heteroatoms.